The van der Waals surface area contributed by atoms with E-state index in [1.807, 2.05) is 0 Å². The van der Waals surface area contributed by atoms with Crippen LogP contribution in [0.2, 0.25) is 0 Å². The molecule has 4 N–H and O–H groups in total. The van der Waals surface area contributed by atoms with Crippen LogP contribution in [0.3, 0.4) is 0 Å². The van der Waals surface area contributed by atoms with E-state index in [0.29, 0.717) is 24.6 Å². The van der Waals surface area contributed by atoms with Crippen molar-refractivity contribution in [2.75, 3.05) is 24.1 Å². The van der Waals surface area contributed by atoms with Crippen LogP contribution >= 0.6 is 0 Å². The molecule has 1 aromatic heterocycles. The fourth-order valence-corrected chi connectivity index (χ4v) is 1.42. The summed E-state index contributed by atoms with van der Waals surface area (Å²) in [4.78, 5) is 15.4. The molecule has 1 saturated carbocycles. The van der Waals surface area contributed by atoms with Crippen LogP contribution in [-0.4, -0.2) is 24.0 Å². The lowest BCUT2D eigenvalue weighted by atomic mass is 10.4. The lowest BCUT2D eigenvalue weighted by molar-refractivity contribution is -0.122. The zero-order valence-corrected chi connectivity index (χ0v) is 9.07. The van der Waals surface area contributed by atoms with Gasteiger partial charge in [0.2, 0.25) is 5.91 Å². The highest BCUT2D eigenvalue weighted by atomic mass is 16.2. The number of nitrogens with one attached hydrogen (secondary N) is 2. The molecule has 0 atom stereocenters. The van der Waals surface area contributed by atoms with E-state index >= 15 is 0 Å². The molecule has 86 valence electrons. The second-order valence-electron chi connectivity index (χ2n) is 3.93. The summed E-state index contributed by atoms with van der Waals surface area (Å²) in [6.45, 7) is 1.24. The molecule has 0 unspecified atom stereocenters. The van der Waals surface area contributed by atoms with Crippen LogP contribution in [0, 0.1) is 5.92 Å². The smallest absolute Gasteiger partial charge is 0.223 e. The van der Waals surface area contributed by atoms with Gasteiger partial charge in [-0.05, 0) is 25.0 Å². The maximum Gasteiger partial charge on any atom is 0.223 e. The number of nitrogens with two attached hydrogens (primary N) is 1. The van der Waals surface area contributed by atoms with Crippen molar-refractivity contribution in [3.05, 3.63) is 18.3 Å². The first-order valence-electron chi connectivity index (χ1n) is 5.49. The summed E-state index contributed by atoms with van der Waals surface area (Å²) in [6.07, 6.45) is 3.75. The Labute approximate surface area is 94.4 Å². The van der Waals surface area contributed by atoms with E-state index < -0.39 is 0 Å². The van der Waals surface area contributed by atoms with E-state index in [2.05, 4.69) is 15.6 Å². The Morgan fingerprint density at radius 3 is 3.00 bits per heavy atom. The molecule has 5 heteroatoms. The molecular weight excluding hydrogens is 204 g/mol. The summed E-state index contributed by atoms with van der Waals surface area (Å²) in [5.41, 5.74) is 6.33. The highest BCUT2D eigenvalue weighted by Gasteiger charge is 2.28. The standard InChI is InChI=1S/C11H16N4O/c12-9-2-1-5-13-10(9)14-6-7-15-11(16)8-3-4-8/h1-2,5,8H,3-4,6-7,12H2,(H,13,14)(H,15,16). The van der Waals surface area contributed by atoms with Crippen molar-refractivity contribution in [3.8, 4) is 0 Å². The molecule has 1 heterocycles. The second-order valence-corrected chi connectivity index (χ2v) is 3.93. The Morgan fingerprint density at radius 2 is 2.31 bits per heavy atom. The minimum absolute atomic E-state index is 0.163. The second kappa shape index (κ2) is 4.83. The number of hydrogen-bond donors (Lipinski definition) is 3. The first kappa shape index (κ1) is 10.7. The number of nitrogens with zero attached hydrogens (tertiary/aromatic N) is 1. The molecule has 0 bridgehead atoms. The molecule has 1 aliphatic carbocycles. The molecule has 0 saturated heterocycles. The predicted octanol–water partition coefficient (Wildman–Crippen LogP) is 0.602. The molecule has 0 aliphatic heterocycles. The van der Waals surface area contributed by atoms with Gasteiger partial charge in [0.15, 0.2) is 0 Å². The molecular formula is C11H16N4O. The number of hydrogen-bond acceptors (Lipinski definition) is 4. The Kier molecular flexibility index (Phi) is 3.24. The first-order valence-corrected chi connectivity index (χ1v) is 5.49. The molecule has 5 nitrogen and oxygen atoms in total. The maximum absolute atomic E-state index is 11.3. The molecule has 0 radical (unpaired) electrons. The van der Waals surface area contributed by atoms with Gasteiger partial charge in [0.1, 0.15) is 5.82 Å². The fourth-order valence-electron chi connectivity index (χ4n) is 1.42. The lowest BCUT2D eigenvalue weighted by Crippen LogP contribution is -2.30. The molecule has 16 heavy (non-hydrogen) atoms. The van der Waals surface area contributed by atoms with E-state index in [9.17, 15) is 4.79 Å². The van der Waals surface area contributed by atoms with Crippen LogP contribution in [0.5, 0.6) is 0 Å². The monoisotopic (exact) mass is 220 g/mol. The van der Waals surface area contributed by atoms with Gasteiger partial charge in [-0.1, -0.05) is 0 Å². The summed E-state index contributed by atoms with van der Waals surface area (Å²) in [5.74, 6) is 1.10. The van der Waals surface area contributed by atoms with Gasteiger partial charge < -0.3 is 16.4 Å². The molecule has 1 fully saturated rings. The number of carbonyl (C=O) groups is 1. The predicted molar refractivity (Wildman–Crippen MR) is 62.9 cm³/mol. The average molecular weight is 220 g/mol. The van der Waals surface area contributed by atoms with Crippen LogP contribution in [0.4, 0.5) is 11.5 Å². The third kappa shape index (κ3) is 2.85. The minimum atomic E-state index is 0.163. The summed E-state index contributed by atoms with van der Waals surface area (Å²) >= 11 is 0. The van der Waals surface area contributed by atoms with Crippen molar-refractivity contribution in [2.45, 2.75) is 12.8 Å². The van der Waals surface area contributed by atoms with Gasteiger partial charge in [-0.25, -0.2) is 4.98 Å². The van der Waals surface area contributed by atoms with E-state index in [1.165, 1.54) is 0 Å². The minimum Gasteiger partial charge on any atom is -0.396 e. The molecule has 0 spiro atoms. The summed E-state index contributed by atoms with van der Waals surface area (Å²) < 4.78 is 0. The van der Waals surface area contributed by atoms with Gasteiger partial charge in [-0.15, -0.1) is 0 Å². The summed E-state index contributed by atoms with van der Waals surface area (Å²) in [6, 6.07) is 3.58. The molecule has 0 aromatic carbocycles. The Bertz CT molecular complexity index is 376. The lowest BCUT2D eigenvalue weighted by Gasteiger charge is -2.08. The Hall–Kier alpha value is -1.78. The number of pyridine rings is 1. The van der Waals surface area contributed by atoms with E-state index in [1.54, 1.807) is 18.3 Å². The van der Waals surface area contributed by atoms with E-state index in [-0.39, 0.29) is 11.8 Å². The van der Waals surface area contributed by atoms with Gasteiger partial charge >= 0.3 is 0 Å². The van der Waals surface area contributed by atoms with Gasteiger partial charge in [0.25, 0.3) is 0 Å². The number of nitrogen functional groups attached to an aromatic ring is 1. The van der Waals surface area contributed by atoms with Crippen molar-refractivity contribution in [1.82, 2.24) is 10.3 Å². The number of rotatable bonds is 5. The molecule has 2 rings (SSSR count). The fraction of sp³-hybridized carbons (Fsp3) is 0.455. The van der Waals surface area contributed by atoms with Gasteiger partial charge in [0, 0.05) is 25.2 Å². The molecule has 1 aliphatic rings. The quantitative estimate of drug-likeness (QED) is 0.635. The number of anilines is 2. The normalized spacial score (nSPS) is 14.5. The Morgan fingerprint density at radius 1 is 1.50 bits per heavy atom. The highest BCUT2D eigenvalue weighted by Crippen LogP contribution is 2.28. The third-order valence-electron chi connectivity index (χ3n) is 2.50. The van der Waals surface area contributed by atoms with Crippen LogP contribution in [0.1, 0.15) is 12.8 Å². The molecule has 1 aromatic rings. The zero-order chi connectivity index (χ0) is 11.4. The van der Waals surface area contributed by atoms with Crippen LogP contribution in [0.25, 0.3) is 0 Å². The van der Waals surface area contributed by atoms with Crippen molar-refractivity contribution >= 4 is 17.4 Å². The SMILES string of the molecule is Nc1cccnc1NCCNC(=O)C1CC1. The van der Waals surface area contributed by atoms with Crippen LogP contribution in [-0.2, 0) is 4.79 Å². The topological polar surface area (TPSA) is 80.0 Å². The Balaban J connectivity index is 1.67. The largest absolute Gasteiger partial charge is 0.396 e. The van der Waals surface area contributed by atoms with Gasteiger partial charge in [-0.3, -0.25) is 4.79 Å². The highest BCUT2D eigenvalue weighted by molar-refractivity contribution is 5.80. The molecule has 1 amide bonds. The van der Waals surface area contributed by atoms with Crippen LogP contribution in [0.15, 0.2) is 18.3 Å². The van der Waals surface area contributed by atoms with Crippen molar-refractivity contribution in [2.24, 2.45) is 5.92 Å². The summed E-state index contributed by atoms with van der Waals surface area (Å²) in [5, 5.41) is 5.94. The maximum atomic E-state index is 11.3. The van der Waals surface area contributed by atoms with E-state index in [4.69, 9.17) is 5.73 Å². The van der Waals surface area contributed by atoms with Crippen LogP contribution < -0.4 is 16.4 Å². The number of aromatic nitrogens is 1. The summed E-state index contributed by atoms with van der Waals surface area (Å²) in [7, 11) is 0. The first-order chi connectivity index (χ1) is 7.77. The number of carbonyl (C=O) groups excluding carboxylic acids is 1. The van der Waals surface area contributed by atoms with Crippen molar-refractivity contribution < 1.29 is 4.79 Å². The van der Waals surface area contributed by atoms with Gasteiger partial charge in [0.05, 0.1) is 5.69 Å². The van der Waals surface area contributed by atoms with E-state index in [0.717, 1.165) is 12.8 Å². The number of amides is 1. The third-order valence-corrected chi connectivity index (χ3v) is 2.50. The zero-order valence-electron chi connectivity index (χ0n) is 9.07. The van der Waals surface area contributed by atoms with Gasteiger partial charge in [-0.2, -0.15) is 0 Å². The van der Waals surface area contributed by atoms with Crippen molar-refractivity contribution in [1.29, 1.82) is 0 Å². The van der Waals surface area contributed by atoms with Crippen molar-refractivity contribution in [3.63, 3.8) is 0 Å². The average Bonchev–Trinajstić information content (AvgIpc) is 3.10.